The van der Waals surface area contributed by atoms with Gasteiger partial charge in [0, 0.05) is 45.7 Å². The van der Waals surface area contributed by atoms with Crippen LogP contribution in [0.5, 0.6) is 0 Å². The number of piperazine rings is 1. The van der Waals surface area contributed by atoms with Gasteiger partial charge in [0.15, 0.2) is 0 Å². The van der Waals surface area contributed by atoms with Crippen molar-refractivity contribution in [2.24, 2.45) is 11.8 Å². The molecule has 1 saturated heterocycles. The van der Waals surface area contributed by atoms with Gasteiger partial charge in [0.25, 0.3) is 0 Å². The fourth-order valence-corrected chi connectivity index (χ4v) is 4.92. The van der Waals surface area contributed by atoms with E-state index in [9.17, 15) is 13.2 Å². The zero-order valence-corrected chi connectivity index (χ0v) is 19.2. The van der Waals surface area contributed by atoms with Gasteiger partial charge >= 0.3 is 0 Å². The van der Waals surface area contributed by atoms with Gasteiger partial charge in [-0.3, -0.25) is 4.79 Å². The fourth-order valence-electron chi connectivity index (χ4n) is 3.47. The topological polar surface area (TPSA) is 69.7 Å². The minimum absolute atomic E-state index is 0.0310. The molecule has 1 fully saturated rings. The number of rotatable bonds is 10. The number of sulfonamides is 1. The molecule has 0 atom stereocenters. The van der Waals surface area contributed by atoms with Crippen molar-refractivity contribution in [3.8, 4) is 0 Å². The highest BCUT2D eigenvalue weighted by molar-refractivity contribution is 7.89. The monoisotopic (exact) mass is 423 g/mol. The van der Waals surface area contributed by atoms with E-state index in [4.69, 9.17) is 0 Å². The number of amides is 1. The molecule has 1 aromatic rings. The summed E-state index contributed by atoms with van der Waals surface area (Å²) in [6.45, 7) is 12.1. The molecule has 1 aromatic carbocycles. The highest BCUT2D eigenvalue weighted by Crippen LogP contribution is 2.20. The Morgan fingerprint density at radius 3 is 2.21 bits per heavy atom. The summed E-state index contributed by atoms with van der Waals surface area (Å²) >= 11 is 0. The Kier molecular flexibility index (Phi) is 9.11. The molecule has 29 heavy (non-hydrogen) atoms. The number of hydrogen-bond acceptors (Lipinski definition) is 4. The summed E-state index contributed by atoms with van der Waals surface area (Å²) in [7, 11) is -3.62. The lowest BCUT2D eigenvalue weighted by Crippen LogP contribution is -2.47. The van der Waals surface area contributed by atoms with Gasteiger partial charge in [0.2, 0.25) is 15.9 Å². The van der Waals surface area contributed by atoms with Crippen LogP contribution in [0.1, 0.15) is 46.1 Å². The van der Waals surface area contributed by atoms with Gasteiger partial charge in [-0.15, -0.1) is 0 Å². The van der Waals surface area contributed by atoms with Crippen molar-refractivity contribution in [2.45, 2.75) is 51.9 Å². The van der Waals surface area contributed by atoms with Gasteiger partial charge in [-0.1, -0.05) is 39.8 Å². The van der Waals surface area contributed by atoms with Gasteiger partial charge in [-0.25, -0.2) is 8.42 Å². The van der Waals surface area contributed by atoms with Crippen molar-refractivity contribution in [1.82, 2.24) is 14.5 Å². The van der Waals surface area contributed by atoms with Gasteiger partial charge in [0.1, 0.15) is 0 Å². The van der Waals surface area contributed by atoms with E-state index in [1.165, 1.54) is 4.31 Å². The van der Waals surface area contributed by atoms with Crippen LogP contribution in [-0.2, 0) is 21.2 Å². The molecule has 1 aliphatic rings. The Labute approximate surface area is 176 Å². The van der Waals surface area contributed by atoms with Gasteiger partial charge in [-0.2, -0.15) is 4.31 Å². The van der Waals surface area contributed by atoms with E-state index in [2.05, 4.69) is 33.0 Å². The van der Waals surface area contributed by atoms with E-state index >= 15 is 0 Å². The zero-order chi connectivity index (χ0) is 21.4. The molecule has 0 aromatic heterocycles. The minimum Gasteiger partial charge on any atom is -0.340 e. The van der Waals surface area contributed by atoms with E-state index in [1.54, 1.807) is 12.1 Å². The van der Waals surface area contributed by atoms with E-state index in [-0.39, 0.29) is 18.9 Å². The number of carbonyl (C=O) groups is 1. The van der Waals surface area contributed by atoms with Crippen LogP contribution in [0.15, 0.2) is 29.2 Å². The van der Waals surface area contributed by atoms with Crippen LogP contribution >= 0.6 is 0 Å². The normalized spacial score (nSPS) is 15.5. The standard InChI is InChI=1S/C22H37N3O3S/c1-18(2)9-13-25(14-10-22(26)24-15-11-23-12-16-24)29(27,28)21-7-5-20(6-8-21)17-19(3)4/h5-8,18-19,23H,9-17H2,1-4H3. The summed E-state index contributed by atoms with van der Waals surface area (Å²) in [5.74, 6) is 0.949. The maximum Gasteiger partial charge on any atom is 0.243 e. The average molecular weight is 424 g/mol. The van der Waals surface area contributed by atoms with Gasteiger partial charge < -0.3 is 10.2 Å². The highest BCUT2D eigenvalue weighted by Gasteiger charge is 2.26. The third-order valence-electron chi connectivity index (χ3n) is 5.21. The smallest absolute Gasteiger partial charge is 0.243 e. The quantitative estimate of drug-likeness (QED) is 0.628. The second-order valence-electron chi connectivity index (χ2n) is 8.71. The average Bonchev–Trinajstić information content (AvgIpc) is 2.68. The van der Waals surface area contributed by atoms with Crippen molar-refractivity contribution in [3.05, 3.63) is 29.8 Å². The van der Waals surface area contributed by atoms with Crippen molar-refractivity contribution < 1.29 is 13.2 Å². The fraction of sp³-hybridized carbons (Fsp3) is 0.682. The summed E-state index contributed by atoms with van der Waals surface area (Å²) in [6, 6.07) is 7.21. The lowest BCUT2D eigenvalue weighted by atomic mass is 10.0. The lowest BCUT2D eigenvalue weighted by Gasteiger charge is -2.29. The van der Waals surface area contributed by atoms with Crippen molar-refractivity contribution in [1.29, 1.82) is 0 Å². The van der Waals surface area contributed by atoms with E-state index in [0.29, 0.717) is 36.4 Å². The Hall–Kier alpha value is -1.44. The number of benzene rings is 1. The molecule has 6 nitrogen and oxygen atoms in total. The summed E-state index contributed by atoms with van der Waals surface area (Å²) in [6.07, 6.45) is 1.92. The SMILES string of the molecule is CC(C)CCN(CCC(=O)N1CCNCC1)S(=O)(=O)c1ccc(CC(C)C)cc1. The molecule has 0 bridgehead atoms. The highest BCUT2D eigenvalue weighted by atomic mass is 32.2. The third-order valence-corrected chi connectivity index (χ3v) is 7.12. The molecule has 7 heteroatoms. The predicted molar refractivity (Wildman–Crippen MR) is 117 cm³/mol. The first-order valence-electron chi connectivity index (χ1n) is 10.8. The molecule has 164 valence electrons. The van der Waals surface area contributed by atoms with Crippen LogP contribution in [0.25, 0.3) is 0 Å². The molecule has 1 amide bonds. The molecular formula is C22H37N3O3S. The first kappa shape index (κ1) is 23.8. The maximum absolute atomic E-state index is 13.3. The Morgan fingerprint density at radius 2 is 1.66 bits per heavy atom. The molecule has 0 spiro atoms. The minimum atomic E-state index is -3.62. The first-order valence-corrected chi connectivity index (χ1v) is 12.2. The molecule has 0 unspecified atom stereocenters. The summed E-state index contributed by atoms with van der Waals surface area (Å²) in [5.41, 5.74) is 1.14. The van der Waals surface area contributed by atoms with Gasteiger partial charge in [0.05, 0.1) is 4.90 Å². The predicted octanol–water partition coefficient (Wildman–Crippen LogP) is 2.74. The molecule has 0 aliphatic carbocycles. The molecule has 2 rings (SSSR count). The second-order valence-corrected chi connectivity index (χ2v) is 10.6. The molecule has 1 aliphatic heterocycles. The number of carbonyl (C=O) groups excluding carboxylic acids is 1. The second kappa shape index (κ2) is 11.1. The number of nitrogens with zero attached hydrogens (tertiary/aromatic N) is 2. The van der Waals surface area contributed by atoms with E-state index < -0.39 is 10.0 Å². The Morgan fingerprint density at radius 1 is 1.03 bits per heavy atom. The van der Waals surface area contributed by atoms with Crippen molar-refractivity contribution in [2.75, 3.05) is 39.3 Å². The van der Waals surface area contributed by atoms with Crippen molar-refractivity contribution in [3.63, 3.8) is 0 Å². The largest absolute Gasteiger partial charge is 0.340 e. The summed E-state index contributed by atoms with van der Waals surface area (Å²) in [5, 5.41) is 3.23. The Bertz CT molecular complexity index is 739. The van der Waals surface area contributed by atoms with Crippen LogP contribution in [-0.4, -0.2) is 62.8 Å². The number of hydrogen-bond donors (Lipinski definition) is 1. The van der Waals surface area contributed by atoms with E-state index in [1.807, 2.05) is 17.0 Å². The van der Waals surface area contributed by atoms with Gasteiger partial charge in [-0.05, 0) is 42.4 Å². The molecule has 0 saturated carbocycles. The third kappa shape index (κ3) is 7.39. The van der Waals surface area contributed by atoms with Crippen LogP contribution in [0, 0.1) is 11.8 Å². The van der Waals surface area contributed by atoms with Crippen LogP contribution in [0.3, 0.4) is 0 Å². The molecule has 0 radical (unpaired) electrons. The summed E-state index contributed by atoms with van der Waals surface area (Å²) < 4.78 is 28.0. The van der Waals surface area contributed by atoms with Crippen LogP contribution in [0.4, 0.5) is 0 Å². The summed E-state index contributed by atoms with van der Waals surface area (Å²) in [4.78, 5) is 14.7. The maximum atomic E-state index is 13.3. The number of nitrogens with one attached hydrogen (secondary N) is 1. The molecule has 1 heterocycles. The molecule has 1 N–H and O–H groups in total. The first-order chi connectivity index (χ1) is 13.7. The Balaban J connectivity index is 2.10. The molecular weight excluding hydrogens is 386 g/mol. The van der Waals surface area contributed by atoms with Crippen LogP contribution < -0.4 is 5.32 Å². The van der Waals surface area contributed by atoms with E-state index in [0.717, 1.165) is 31.5 Å². The lowest BCUT2D eigenvalue weighted by molar-refractivity contribution is -0.131. The zero-order valence-electron chi connectivity index (χ0n) is 18.4. The van der Waals surface area contributed by atoms with Crippen LogP contribution in [0.2, 0.25) is 0 Å². The van der Waals surface area contributed by atoms with Crippen molar-refractivity contribution >= 4 is 15.9 Å².